The average molecular weight is 364 g/mol. The van der Waals surface area contributed by atoms with Gasteiger partial charge in [-0.2, -0.15) is 15.6 Å². The van der Waals surface area contributed by atoms with Crippen LogP contribution in [-0.4, -0.2) is 11.0 Å². The van der Waals surface area contributed by atoms with Crippen molar-refractivity contribution in [3.05, 3.63) is 0 Å². The Labute approximate surface area is 237 Å². The van der Waals surface area contributed by atoms with Gasteiger partial charge in [0, 0.05) is 0 Å². The average Bonchev–Trinajstić information content (AvgIpc) is 1.12. The number of rotatable bonds is 0. The molecule has 0 saturated carbocycles. The van der Waals surface area contributed by atoms with E-state index in [-0.39, 0.29) is 188 Å². The first-order valence-corrected chi connectivity index (χ1v) is 4.38. The van der Waals surface area contributed by atoms with Crippen molar-refractivity contribution in [3.63, 3.8) is 0 Å². The van der Waals surface area contributed by atoms with E-state index in [1.54, 1.807) is 0 Å². The summed E-state index contributed by atoms with van der Waals surface area (Å²) in [6.07, 6.45) is 0. The van der Waals surface area contributed by atoms with Crippen LogP contribution in [0.4, 0.5) is 0 Å². The van der Waals surface area contributed by atoms with Crippen LogP contribution in [0.5, 0.6) is 0 Å². The van der Waals surface area contributed by atoms with Gasteiger partial charge in [-0.05, 0) is 0 Å². The summed E-state index contributed by atoms with van der Waals surface area (Å²) in [5, 5.41) is 0. The van der Waals surface area contributed by atoms with Gasteiger partial charge in [-0.1, -0.05) is 0 Å². The number of hydrogen-bond donors (Lipinski definition) is 0. The standard InChI is InChI=1S/6Na.2H3O4P.2H2O/c;;;;;;2*1-5(2,3)4;;/h;;;;;;2*(H3,1,2,3,4);2*1H2/q6*+1;;;;/p-6. The van der Waals surface area contributed by atoms with Gasteiger partial charge in [0.2, 0.25) is 0 Å². The Balaban J connectivity index is -0.00000000615. The Bertz CT molecular complexity index is 137. The zero-order valence-electron chi connectivity index (χ0n) is 11.2. The van der Waals surface area contributed by atoms with Crippen LogP contribution in [0.25, 0.3) is 0 Å². The maximum Gasteiger partial charge on any atom is 1.00 e. The third kappa shape index (κ3) is 262. The molecule has 0 amide bonds. The zero-order valence-corrected chi connectivity index (χ0v) is 24.9. The predicted octanol–water partition coefficient (Wildman–Crippen LogP) is -25.3. The third-order valence-corrected chi connectivity index (χ3v) is 0. The van der Waals surface area contributed by atoms with Gasteiger partial charge >= 0.3 is 177 Å². The molecule has 10 nitrogen and oxygen atoms in total. The molecule has 0 aromatic rings. The Morgan fingerprint density at radius 2 is 0.444 bits per heavy atom. The molecule has 0 unspecified atom stereocenters. The minimum atomic E-state index is -5.39. The van der Waals surface area contributed by atoms with Crippen molar-refractivity contribution in [2.24, 2.45) is 0 Å². The molecule has 0 aromatic carbocycles. The van der Waals surface area contributed by atoms with Crippen LogP contribution in [0.15, 0.2) is 0 Å². The van der Waals surface area contributed by atoms with Crippen LogP contribution in [0, 0.1) is 0 Å². The van der Waals surface area contributed by atoms with Crippen LogP contribution in [0.3, 0.4) is 0 Å². The van der Waals surface area contributed by atoms with Crippen molar-refractivity contribution in [1.82, 2.24) is 0 Å². The second kappa shape index (κ2) is 34.5. The monoisotopic (exact) mass is 364 g/mol. The largest absolute Gasteiger partial charge is 1.00 e. The van der Waals surface area contributed by atoms with Crippen molar-refractivity contribution in [1.29, 1.82) is 0 Å². The Hall–Kier alpha value is 6.14. The van der Waals surface area contributed by atoms with E-state index in [0.717, 1.165) is 0 Å². The smallest absolute Gasteiger partial charge is 0.822 e. The van der Waals surface area contributed by atoms with E-state index in [0.29, 0.717) is 0 Å². The fourth-order valence-electron chi connectivity index (χ4n) is 0. The molecule has 0 rings (SSSR count). The molecule has 80 valence electrons. The second-order valence-electron chi connectivity index (χ2n) is 0.894. The maximum atomic E-state index is 8.55. The molecule has 0 spiro atoms. The molecule has 0 saturated heterocycles. The Morgan fingerprint density at radius 1 is 0.444 bits per heavy atom. The minimum absolute atomic E-state index is 0. The van der Waals surface area contributed by atoms with Gasteiger partial charge in [0.05, 0.1) is 0 Å². The molecule has 0 radical (unpaired) electrons. The van der Waals surface area contributed by atoms with Crippen LogP contribution in [0.2, 0.25) is 0 Å². The molecule has 0 bridgehead atoms. The molecule has 0 heterocycles. The fourth-order valence-corrected chi connectivity index (χ4v) is 0. The molecule has 0 aliphatic carbocycles. The van der Waals surface area contributed by atoms with Crippen molar-refractivity contribution in [3.8, 4) is 0 Å². The third-order valence-electron chi connectivity index (χ3n) is 0. The first-order valence-electron chi connectivity index (χ1n) is 1.46. The van der Waals surface area contributed by atoms with Gasteiger partial charge in [0.1, 0.15) is 0 Å². The van der Waals surface area contributed by atoms with E-state index >= 15 is 0 Å². The molecular formula is H4Na6O10P2. The summed E-state index contributed by atoms with van der Waals surface area (Å²) in [5.74, 6) is 0. The Morgan fingerprint density at radius 3 is 0.444 bits per heavy atom. The summed E-state index contributed by atoms with van der Waals surface area (Å²) in [5.41, 5.74) is 0. The summed E-state index contributed by atoms with van der Waals surface area (Å²) >= 11 is 0. The summed E-state index contributed by atoms with van der Waals surface area (Å²) in [4.78, 5) is 51.3. The van der Waals surface area contributed by atoms with Crippen molar-refractivity contribution in [2.75, 3.05) is 0 Å². The van der Waals surface area contributed by atoms with Crippen molar-refractivity contribution >= 4 is 15.6 Å². The van der Waals surface area contributed by atoms with Gasteiger partial charge in [0.25, 0.3) is 0 Å². The second-order valence-corrected chi connectivity index (χ2v) is 2.68. The maximum absolute atomic E-state index is 8.55. The predicted molar refractivity (Wildman–Crippen MR) is 22.4 cm³/mol. The van der Waals surface area contributed by atoms with E-state index in [1.165, 1.54) is 0 Å². The van der Waals surface area contributed by atoms with Crippen LogP contribution in [-0.2, 0) is 9.13 Å². The van der Waals surface area contributed by atoms with Crippen LogP contribution < -0.4 is 207 Å². The summed E-state index contributed by atoms with van der Waals surface area (Å²) < 4.78 is 17.1. The van der Waals surface area contributed by atoms with Crippen LogP contribution in [0.1, 0.15) is 0 Å². The summed E-state index contributed by atoms with van der Waals surface area (Å²) in [6, 6.07) is 0. The Kier molecular flexibility index (Phi) is 124. The first kappa shape index (κ1) is 64.6. The topological polar surface area (TPSA) is 236 Å². The molecule has 0 aliphatic heterocycles. The summed E-state index contributed by atoms with van der Waals surface area (Å²) in [7, 11) is -10.8. The van der Waals surface area contributed by atoms with Crippen molar-refractivity contribution in [2.45, 2.75) is 0 Å². The number of hydrogen-bond acceptors (Lipinski definition) is 8. The van der Waals surface area contributed by atoms with Gasteiger partial charge < -0.3 is 49.4 Å². The molecule has 18 heavy (non-hydrogen) atoms. The van der Waals surface area contributed by atoms with E-state index in [9.17, 15) is 0 Å². The SMILES string of the molecule is O.O.O=P([O-])([O-])[O-].O=P([O-])([O-])[O-].[Na+].[Na+].[Na+].[Na+].[Na+].[Na+]. The van der Waals surface area contributed by atoms with Gasteiger partial charge in [-0.3, -0.25) is 0 Å². The van der Waals surface area contributed by atoms with Gasteiger partial charge in [-0.25, -0.2) is 0 Å². The molecular weight excluding hydrogens is 360 g/mol. The molecule has 0 fully saturated rings. The van der Waals surface area contributed by atoms with Crippen LogP contribution >= 0.6 is 15.6 Å². The first-order chi connectivity index (χ1) is 4.00. The number of phosphoric acid groups is 2. The zero-order chi connectivity index (χ0) is 9.00. The molecule has 0 aliphatic rings. The fraction of sp³-hybridized carbons (Fsp3) is 0. The summed E-state index contributed by atoms with van der Waals surface area (Å²) in [6.45, 7) is 0. The van der Waals surface area contributed by atoms with E-state index < -0.39 is 15.6 Å². The quantitative estimate of drug-likeness (QED) is 0.295. The van der Waals surface area contributed by atoms with Crippen molar-refractivity contribution < 1.29 is 227 Å². The minimum Gasteiger partial charge on any atom is -0.822 e. The van der Waals surface area contributed by atoms with E-state index in [1.807, 2.05) is 0 Å². The molecule has 0 atom stereocenters. The normalized spacial score (nSPS) is 6.56. The molecule has 18 heteroatoms. The molecule has 4 N–H and O–H groups in total. The van der Waals surface area contributed by atoms with E-state index in [4.69, 9.17) is 38.5 Å². The molecule has 0 aromatic heterocycles. The van der Waals surface area contributed by atoms with Gasteiger partial charge in [0.15, 0.2) is 0 Å². The van der Waals surface area contributed by atoms with E-state index in [2.05, 4.69) is 0 Å². The van der Waals surface area contributed by atoms with Gasteiger partial charge in [-0.15, -0.1) is 0 Å².